The molecule has 0 radical (unpaired) electrons. The van der Waals surface area contributed by atoms with E-state index in [4.69, 9.17) is 4.74 Å². The molecule has 1 amide bonds. The smallest absolute Gasteiger partial charge is 0.277 e. The van der Waals surface area contributed by atoms with Gasteiger partial charge in [-0.1, -0.05) is 45.0 Å². The maximum atomic E-state index is 11.8. The summed E-state index contributed by atoms with van der Waals surface area (Å²) < 4.78 is 5.45. The molecule has 5 heteroatoms. The molecular weight excluding hydrogens is 316 g/mol. The fourth-order valence-corrected chi connectivity index (χ4v) is 2.19. The zero-order valence-corrected chi connectivity index (χ0v) is 15.0. The summed E-state index contributed by atoms with van der Waals surface area (Å²) in [6.07, 6.45) is 1.43. The SMILES string of the molecule is Cc1ccccc1OCC(=O)N/N=C/c1cc(C(C)(C)C)ccc1O. The van der Waals surface area contributed by atoms with Crippen molar-refractivity contribution >= 4 is 12.1 Å². The van der Waals surface area contributed by atoms with Gasteiger partial charge in [-0.05, 0) is 41.7 Å². The molecule has 0 unspecified atom stereocenters. The van der Waals surface area contributed by atoms with Gasteiger partial charge in [0.2, 0.25) is 0 Å². The lowest BCUT2D eigenvalue weighted by molar-refractivity contribution is -0.123. The molecule has 2 N–H and O–H groups in total. The van der Waals surface area contributed by atoms with Crippen molar-refractivity contribution in [3.05, 3.63) is 59.2 Å². The molecule has 2 aromatic rings. The number of rotatable bonds is 5. The van der Waals surface area contributed by atoms with E-state index in [1.807, 2.05) is 43.3 Å². The maximum Gasteiger partial charge on any atom is 0.277 e. The molecule has 0 bridgehead atoms. The summed E-state index contributed by atoms with van der Waals surface area (Å²) in [7, 11) is 0. The number of phenolic OH excluding ortho intramolecular Hbond substituents is 1. The number of nitrogens with zero attached hydrogens (tertiary/aromatic N) is 1. The lowest BCUT2D eigenvalue weighted by Crippen LogP contribution is -2.24. The number of aryl methyl sites for hydroxylation is 1. The molecular formula is C20H24N2O3. The Hall–Kier alpha value is -2.82. The highest BCUT2D eigenvalue weighted by molar-refractivity contribution is 5.85. The second-order valence-electron chi connectivity index (χ2n) is 6.87. The normalized spacial score (nSPS) is 11.5. The average Bonchev–Trinajstić information content (AvgIpc) is 2.55. The first kappa shape index (κ1) is 18.5. The van der Waals surface area contributed by atoms with E-state index in [2.05, 4.69) is 31.3 Å². The van der Waals surface area contributed by atoms with Gasteiger partial charge in [0, 0.05) is 5.56 Å². The van der Waals surface area contributed by atoms with Crippen LogP contribution >= 0.6 is 0 Å². The maximum absolute atomic E-state index is 11.8. The van der Waals surface area contributed by atoms with E-state index in [9.17, 15) is 9.90 Å². The van der Waals surface area contributed by atoms with Crippen LogP contribution in [0.2, 0.25) is 0 Å². The first-order chi connectivity index (χ1) is 11.8. The summed E-state index contributed by atoms with van der Waals surface area (Å²) in [4.78, 5) is 11.8. The third kappa shape index (κ3) is 5.35. The number of hydrogen-bond donors (Lipinski definition) is 2. The van der Waals surface area contributed by atoms with Crippen LogP contribution in [0.25, 0.3) is 0 Å². The van der Waals surface area contributed by atoms with Gasteiger partial charge in [0.25, 0.3) is 5.91 Å². The highest BCUT2D eigenvalue weighted by Gasteiger charge is 2.14. The van der Waals surface area contributed by atoms with E-state index < -0.39 is 0 Å². The van der Waals surface area contributed by atoms with Gasteiger partial charge in [-0.25, -0.2) is 5.43 Å². The van der Waals surface area contributed by atoms with Crippen molar-refractivity contribution < 1.29 is 14.6 Å². The van der Waals surface area contributed by atoms with Crippen LogP contribution in [0.4, 0.5) is 0 Å². The van der Waals surface area contributed by atoms with Crippen LogP contribution in [0.15, 0.2) is 47.6 Å². The molecule has 0 aliphatic rings. The minimum atomic E-state index is -0.369. The second-order valence-corrected chi connectivity index (χ2v) is 6.87. The topological polar surface area (TPSA) is 70.9 Å². The van der Waals surface area contributed by atoms with Gasteiger partial charge < -0.3 is 9.84 Å². The number of aromatic hydroxyl groups is 1. The Morgan fingerprint density at radius 2 is 1.96 bits per heavy atom. The van der Waals surface area contributed by atoms with Gasteiger partial charge >= 0.3 is 0 Å². The highest BCUT2D eigenvalue weighted by Crippen LogP contribution is 2.26. The molecule has 2 rings (SSSR count). The first-order valence-corrected chi connectivity index (χ1v) is 8.11. The number of amides is 1. The largest absolute Gasteiger partial charge is 0.507 e. The molecule has 25 heavy (non-hydrogen) atoms. The minimum absolute atomic E-state index is 0.0408. The number of para-hydroxylation sites is 1. The monoisotopic (exact) mass is 340 g/mol. The average molecular weight is 340 g/mol. The molecule has 5 nitrogen and oxygen atoms in total. The second kappa shape index (κ2) is 7.83. The van der Waals surface area contributed by atoms with Crippen molar-refractivity contribution in [1.29, 1.82) is 0 Å². The summed E-state index contributed by atoms with van der Waals surface area (Å²) in [6, 6.07) is 12.8. The Bertz CT molecular complexity index is 777. The lowest BCUT2D eigenvalue weighted by Gasteiger charge is -2.19. The molecule has 0 atom stereocenters. The predicted molar refractivity (Wildman–Crippen MR) is 99.2 cm³/mol. The molecule has 0 aliphatic heterocycles. The number of hydrogen-bond acceptors (Lipinski definition) is 4. The molecule has 132 valence electrons. The molecule has 0 aliphatic carbocycles. The van der Waals surface area contributed by atoms with Crippen LogP contribution in [0.1, 0.15) is 37.5 Å². The Balaban J connectivity index is 1.94. The highest BCUT2D eigenvalue weighted by atomic mass is 16.5. The van der Waals surface area contributed by atoms with Gasteiger partial charge in [0.15, 0.2) is 6.61 Å². The number of phenols is 1. The zero-order chi connectivity index (χ0) is 18.4. The molecule has 0 aromatic heterocycles. The first-order valence-electron chi connectivity index (χ1n) is 8.11. The third-order valence-electron chi connectivity index (χ3n) is 3.74. The van der Waals surface area contributed by atoms with Crippen LogP contribution in [-0.2, 0) is 10.2 Å². The Morgan fingerprint density at radius 3 is 2.64 bits per heavy atom. The van der Waals surface area contributed by atoms with Crippen molar-refractivity contribution in [3.63, 3.8) is 0 Å². The van der Waals surface area contributed by atoms with Crippen molar-refractivity contribution in [2.45, 2.75) is 33.1 Å². The van der Waals surface area contributed by atoms with Gasteiger partial charge in [-0.3, -0.25) is 4.79 Å². The standard InChI is InChI=1S/C20H24N2O3/c1-14-7-5-6-8-18(14)25-13-19(24)22-21-12-15-11-16(20(2,3)4)9-10-17(15)23/h5-12,23H,13H2,1-4H3,(H,22,24)/b21-12+. The fraction of sp³-hybridized carbons (Fsp3) is 0.300. The molecule has 2 aromatic carbocycles. The number of carbonyl (C=O) groups is 1. The van der Waals surface area contributed by atoms with Gasteiger partial charge in [0.1, 0.15) is 11.5 Å². The summed E-state index contributed by atoms with van der Waals surface area (Å²) in [6.45, 7) is 8.05. The van der Waals surface area contributed by atoms with E-state index in [1.165, 1.54) is 6.21 Å². The molecule has 0 spiro atoms. The minimum Gasteiger partial charge on any atom is -0.507 e. The lowest BCUT2D eigenvalue weighted by atomic mass is 9.86. The van der Waals surface area contributed by atoms with Crippen LogP contribution in [0.5, 0.6) is 11.5 Å². The Labute approximate surface area is 148 Å². The van der Waals surface area contributed by atoms with E-state index >= 15 is 0 Å². The number of nitrogens with one attached hydrogen (secondary N) is 1. The van der Waals surface area contributed by atoms with Crippen molar-refractivity contribution in [3.8, 4) is 11.5 Å². The van der Waals surface area contributed by atoms with E-state index in [-0.39, 0.29) is 23.7 Å². The van der Waals surface area contributed by atoms with E-state index in [0.717, 1.165) is 11.1 Å². The quantitative estimate of drug-likeness (QED) is 0.646. The van der Waals surface area contributed by atoms with Gasteiger partial charge in [-0.15, -0.1) is 0 Å². The van der Waals surface area contributed by atoms with Crippen molar-refractivity contribution in [1.82, 2.24) is 5.43 Å². The van der Waals surface area contributed by atoms with E-state index in [1.54, 1.807) is 6.07 Å². The summed E-state index contributed by atoms with van der Waals surface area (Å²) in [5.41, 5.74) is 4.94. The van der Waals surface area contributed by atoms with E-state index in [0.29, 0.717) is 11.3 Å². The van der Waals surface area contributed by atoms with Crippen LogP contribution in [-0.4, -0.2) is 23.8 Å². The predicted octanol–water partition coefficient (Wildman–Crippen LogP) is 3.53. The summed E-state index contributed by atoms with van der Waals surface area (Å²) >= 11 is 0. The number of carbonyl (C=O) groups excluding carboxylic acids is 1. The third-order valence-corrected chi connectivity index (χ3v) is 3.74. The van der Waals surface area contributed by atoms with Crippen molar-refractivity contribution in [2.75, 3.05) is 6.61 Å². The van der Waals surface area contributed by atoms with Gasteiger partial charge in [-0.2, -0.15) is 5.10 Å². The Morgan fingerprint density at radius 1 is 1.24 bits per heavy atom. The van der Waals surface area contributed by atoms with Crippen molar-refractivity contribution in [2.24, 2.45) is 5.10 Å². The fourth-order valence-electron chi connectivity index (χ4n) is 2.19. The summed E-state index contributed by atoms with van der Waals surface area (Å²) in [5, 5.41) is 13.8. The molecule has 0 heterocycles. The number of ether oxygens (including phenoxy) is 1. The Kier molecular flexibility index (Phi) is 5.80. The number of hydrazone groups is 1. The van der Waals surface area contributed by atoms with Crippen LogP contribution in [0.3, 0.4) is 0 Å². The summed E-state index contributed by atoms with van der Waals surface area (Å²) in [5.74, 6) is 0.408. The molecule has 0 saturated heterocycles. The molecule has 0 fully saturated rings. The van der Waals surface area contributed by atoms with Crippen LogP contribution in [0, 0.1) is 6.92 Å². The number of benzene rings is 2. The molecule has 0 saturated carbocycles. The zero-order valence-electron chi connectivity index (χ0n) is 15.0. The van der Waals surface area contributed by atoms with Crippen LogP contribution < -0.4 is 10.2 Å². The van der Waals surface area contributed by atoms with Gasteiger partial charge in [0.05, 0.1) is 6.21 Å².